The molecule has 84 valence electrons. The Bertz CT molecular complexity index is 241. The van der Waals surface area contributed by atoms with Crippen LogP contribution in [0.1, 0.15) is 25.3 Å². The van der Waals surface area contributed by atoms with E-state index in [1.807, 2.05) is 12.4 Å². The highest BCUT2D eigenvalue weighted by atomic mass is 16.5. The normalized spacial score (nSPS) is 10.5. The molecule has 0 amide bonds. The average molecular weight is 209 g/mol. The summed E-state index contributed by atoms with van der Waals surface area (Å²) in [6.45, 7) is 5.62. The van der Waals surface area contributed by atoms with Gasteiger partial charge in [0.2, 0.25) is 0 Å². The standard InChI is InChI=1S/C11H19N3O/c1-2-5-15-6-3-4-12-7-11-8-13-10-14-9-11/h8-10,12H,2-7H2,1H3. The van der Waals surface area contributed by atoms with E-state index in [0.717, 1.165) is 44.7 Å². The monoisotopic (exact) mass is 209 g/mol. The van der Waals surface area contributed by atoms with Crippen molar-refractivity contribution in [3.8, 4) is 0 Å². The molecule has 0 atom stereocenters. The van der Waals surface area contributed by atoms with Gasteiger partial charge in [0.1, 0.15) is 6.33 Å². The lowest BCUT2D eigenvalue weighted by atomic mass is 10.3. The quantitative estimate of drug-likeness (QED) is 0.657. The fourth-order valence-electron chi connectivity index (χ4n) is 1.20. The number of nitrogens with one attached hydrogen (secondary N) is 1. The van der Waals surface area contributed by atoms with Crippen LogP contribution in [0, 0.1) is 0 Å². The summed E-state index contributed by atoms with van der Waals surface area (Å²) < 4.78 is 5.37. The van der Waals surface area contributed by atoms with E-state index in [2.05, 4.69) is 22.2 Å². The van der Waals surface area contributed by atoms with Crippen LogP contribution in [0.4, 0.5) is 0 Å². The van der Waals surface area contributed by atoms with Crippen molar-refractivity contribution in [3.63, 3.8) is 0 Å². The predicted molar refractivity (Wildman–Crippen MR) is 59.5 cm³/mol. The molecule has 4 heteroatoms. The summed E-state index contributed by atoms with van der Waals surface area (Å²) in [5.74, 6) is 0. The van der Waals surface area contributed by atoms with Crippen LogP contribution in [0.15, 0.2) is 18.7 Å². The molecule has 1 aromatic heterocycles. The second kappa shape index (κ2) is 8.32. The lowest BCUT2D eigenvalue weighted by molar-refractivity contribution is 0.132. The van der Waals surface area contributed by atoms with Gasteiger partial charge < -0.3 is 10.1 Å². The molecule has 1 rings (SSSR count). The minimum atomic E-state index is 0.828. The first-order chi connectivity index (χ1) is 7.43. The number of hydrogen-bond donors (Lipinski definition) is 1. The van der Waals surface area contributed by atoms with Gasteiger partial charge >= 0.3 is 0 Å². The van der Waals surface area contributed by atoms with Gasteiger partial charge in [0.25, 0.3) is 0 Å². The predicted octanol–water partition coefficient (Wildman–Crippen LogP) is 1.38. The molecule has 0 unspecified atom stereocenters. The highest BCUT2D eigenvalue weighted by molar-refractivity contribution is 5.01. The van der Waals surface area contributed by atoms with Crippen molar-refractivity contribution in [2.45, 2.75) is 26.3 Å². The van der Waals surface area contributed by atoms with Crippen molar-refractivity contribution >= 4 is 0 Å². The summed E-state index contributed by atoms with van der Waals surface area (Å²) >= 11 is 0. The molecule has 0 aliphatic carbocycles. The average Bonchev–Trinajstić information content (AvgIpc) is 2.29. The zero-order valence-electron chi connectivity index (χ0n) is 9.28. The van der Waals surface area contributed by atoms with E-state index in [-0.39, 0.29) is 0 Å². The molecule has 0 fully saturated rings. The minimum absolute atomic E-state index is 0.828. The molecule has 0 aliphatic heterocycles. The van der Waals surface area contributed by atoms with E-state index >= 15 is 0 Å². The largest absolute Gasteiger partial charge is 0.381 e. The molecule has 0 spiro atoms. The summed E-state index contributed by atoms with van der Waals surface area (Å²) in [6, 6.07) is 0. The molecule has 15 heavy (non-hydrogen) atoms. The maximum Gasteiger partial charge on any atom is 0.115 e. The maximum absolute atomic E-state index is 5.37. The van der Waals surface area contributed by atoms with E-state index in [1.54, 1.807) is 6.33 Å². The number of ether oxygens (including phenoxy) is 1. The number of rotatable bonds is 8. The van der Waals surface area contributed by atoms with Gasteiger partial charge in [-0.05, 0) is 19.4 Å². The fourth-order valence-corrected chi connectivity index (χ4v) is 1.20. The molecule has 0 saturated heterocycles. The third-order valence-electron chi connectivity index (χ3n) is 1.93. The van der Waals surface area contributed by atoms with Crippen molar-refractivity contribution in [2.24, 2.45) is 0 Å². The first-order valence-corrected chi connectivity index (χ1v) is 5.46. The van der Waals surface area contributed by atoms with Gasteiger partial charge in [-0.2, -0.15) is 0 Å². The maximum atomic E-state index is 5.37. The third-order valence-corrected chi connectivity index (χ3v) is 1.93. The Morgan fingerprint density at radius 1 is 1.27 bits per heavy atom. The van der Waals surface area contributed by atoms with Crippen molar-refractivity contribution in [1.82, 2.24) is 15.3 Å². The Kier molecular flexibility index (Phi) is 6.70. The van der Waals surface area contributed by atoms with E-state index in [0.29, 0.717) is 0 Å². The minimum Gasteiger partial charge on any atom is -0.381 e. The van der Waals surface area contributed by atoms with Crippen LogP contribution in [-0.4, -0.2) is 29.7 Å². The van der Waals surface area contributed by atoms with E-state index in [4.69, 9.17) is 4.74 Å². The molecule has 1 N–H and O–H groups in total. The summed E-state index contributed by atoms with van der Waals surface area (Å²) in [7, 11) is 0. The second-order valence-corrected chi connectivity index (χ2v) is 3.39. The molecule has 1 aromatic rings. The van der Waals surface area contributed by atoms with Gasteiger partial charge in [0, 0.05) is 37.7 Å². The Hall–Kier alpha value is -1.00. The summed E-state index contributed by atoms with van der Waals surface area (Å²) in [5.41, 5.74) is 1.12. The highest BCUT2D eigenvalue weighted by Gasteiger charge is 1.92. The number of nitrogens with zero attached hydrogens (tertiary/aromatic N) is 2. The Balaban J connectivity index is 1.93. The van der Waals surface area contributed by atoms with Crippen LogP contribution in [0.3, 0.4) is 0 Å². The van der Waals surface area contributed by atoms with Crippen LogP contribution in [0.25, 0.3) is 0 Å². The van der Waals surface area contributed by atoms with Gasteiger partial charge in [-0.15, -0.1) is 0 Å². The molecule has 0 bridgehead atoms. The zero-order chi connectivity index (χ0) is 10.8. The molecule has 0 radical (unpaired) electrons. The highest BCUT2D eigenvalue weighted by Crippen LogP contribution is 1.91. The molecule has 0 aromatic carbocycles. The topological polar surface area (TPSA) is 47.0 Å². The second-order valence-electron chi connectivity index (χ2n) is 3.39. The Labute approximate surface area is 91.1 Å². The molecule has 1 heterocycles. The zero-order valence-corrected chi connectivity index (χ0v) is 9.28. The molecule has 0 saturated carbocycles. The van der Waals surface area contributed by atoms with Crippen molar-refractivity contribution in [1.29, 1.82) is 0 Å². The third kappa shape index (κ3) is 6.14. The van der Waals surface area contributed by atoms with Crippen LogP contribution in [0.5, 0.6) is 0 Å². The van der Waals surface area contributed by atoms with Gasteiger partial charge in [-0.3, -0.25) is 0 Å². The molecular weight excluding hydrogens is 190 g/mol. The number of hydrogen-bond acceptors (Lipinski definition) is 4. The Morgan fingerprint density at radius 2 is 2.07 bits per heavy atom. The Morgan fingerprint density at radius 3 is 2.80 bits per heavy atom. The van der Waals surface area contributed by atoms with E-state index in [9.17, 15) is 0 Å². The van der Waals surface area contributed by atoms with Gasteiger partial charge in [0.15, 0.2) is 0 Å². The number of aromatic nitrogens is 2. The van der Waals surface area contributed by atoms with Crippen LogP contribution in [-0.2, 0) is 11.3 Å². The fraction of sp³-hybridized carbons (Fsp3) is 0.636. The van der Waals surface area contributed by atoms with Crippen LogP contribution >= 0.6 is 0 Å². The molecule has 4 nitrogen and oxygen atoms in total. The summed E-state index contributed by atoms with van der Waals surface area (Å²) in [4.78, 5) is 7.90. The smallest absolute Gasteiger partial charge is 0.115 e. The SMILES string of the molecule is CCCOCCCNCc1cncnc1. The molecule has 0 aliphatic rings. The lowest BCUT2D eigenvalue weighted by Gasteiger charge is -2.04. The summed E-state index contributed by atoms with van der Waals surface area (Å²) in [6.07, 6.45) is 7.34. The summed E-state index contributed by atoms with van der Waals surface area (Å²) in [5, 5.41) is 3.32. The lowest BCUT2D eigenvalue weighted by Crippen LogP contribution is -2.16. The van der Waals surface area contributed by atoms with E-state index < -0.39 is 0 Å². The first kappa shape index (κ1) is 12.1. The van der Waals surface area contributed by atoms with Gasteiger partial charge in [0.05, 0.1) is 0 Å². The van der Waals surface area contributed by atoms with E-state index in [1.165, 1.54) is 0 Å². The van der Waals surface area contributed by atoms with Crippen molar-refractivity contribution < 1.29 is 4.74 Å². The van der Waals surface area contributed by atoms with Crippen molar-refractivity contribution in [3.05, 3.63) is 24.3 Å². The van der Waals surface area contributed by atoms with Crippen molar-refractivity contribution in [2.75, 3.05) is 19.8 Å². The molecular formula is C11H19N3O. The van der Waals surface area contributed by atoms with Gasteiger partial charge in [-0.25, -0.2) is 9.97 Å². The van der Waals surface area contributed by atoms with Gasteiger partial charge in [-0.1, -0.05) is 6.92 Å². The van der Waals surface area contributed by atoms with Crippen LogP contribution < -0.4 is 5.32 Å². The van der Waals surface area contributed by atoms with Crippen LogP contribution in [0.2, 0.25) is 0 Å². The first-order valence-electron chi connectivity index (χ1n) is 5.46.